The number of hydrogen-bond donors (Lipinski definition) is 0. The fourth-order valence-corrected chi connectivity index (χ4v) is 2.55. The van der Waals surface area contributed by atoms with Crippen LogP contribution in [-0.4, -0.2) is 49.6 Å². The van der Waals surface area contributed by atoms with E-state index in [0.717, 1.165) is 0 Å². The predicted molar refractivity (Wildman–Crippen MR) is 73.7 cm³/mol. The fourth-order valence-electron chi connectivity index (χ4n) is 2.55. The van der Waals surface area contributed by atoms with Crippen LogP contribution in [0.15, 0.2) is 18.2 Å². The van der Waals surface area contributed by atoms with Crippen LogP contribution < -0.4 is 4.74 Å². The largest absolute Gasteiger partial charge is 0.494 e. The average molecular weight is 281 g/mol. The molecule has 2 atom stereocenters. The predicted octanol–water partition coefficient (Wildman–Crippen LogP) is 2.13. The third-order valence-corrected chi connectivity index (χ3v) is 3.34. The van der Waals surface area contributed by atoms with Crippen molar-refractivity contribution in [1.82, 2.24) is 4.90 Å². The summed E-state index contributed by atoms with van der Waals surface area (Å²) in [5, 5.41) is 0. The first kappa shape index (κ1) is 14.9. The minimum absolute atomic E-state index is 0.0900. The van der Waals surface area contributed by atoms with Crippen molar-refractivity contribution in [2.24, 2.45) is 0 Å². The molecule has 0 aliphatic carbocycles. The van der Waals surface area contributed by atoms with Gasteiger partial charge in [0.15, 0.2) is 17.3 Å². The van der Waals surface area contributed by atoms with E-state index in [1.165, 1.54) is 19.2 Å². The van der Waals surface area contributed by atoms with Gasteiger partial charge in [-0.25, -0.2) is 4.39 Å². The number of nitrogens with zero attached hydrogens (tertiary/aromatic N) is 1. The molecule has 0 saturated carbocycles. The number of carbonyl (C=O) groups excluding carboxylic acids is 1. The minimum Gasteiger partial charge on any atom is -0.494 e. The van der Waals surface area contributed by atoms with Gasteiger partial charge in [0, 0.05) is 18.7 Å². The van der Waals surface area contributed by atoms with Crippen molar-refractivity contribution in [3.05, 3.63) is 29.6 Å². The number of Topliss-reactive ketones (excluding diaryl/α,β-unsaturated/α-hetero) is 1. The number of methoxy groups -OCH3 is 1. The van der Waals surface area contributed by atoms with Gasteiger partial charge in [-0.05, 0) is 32.0 Å². The first-order valence-corrected chi connectivity index (χ1v) is 6.74. The second-order valence-electron chi connectivity index (χ2n) is 5.22. The van der Waals surface area contributed by atoms with E-state index in [4.69, 9.17) is 9.47 Å². The summed E-state index contributed by atoms with van der Waals surface area (Å²) >= 11 is 0. The molecule has 0 N–H and O–H groups in total. The maximum Gasteiger partial charge on any atom is 0.176 e. The Morgan fingerprint density at radius 3 is 2.60 bits per heavy atom. The van der Waals surface area contributed by atoms with Gasteiger partial charge in [-0.3, -0.25) is 9.69 Å². The Labute approximate surface area is 118 Å². The Hall–Kier alpha value is -1.46. The molecule has 20 heavy (non-hydrogen) atoms. The van der Waals surface area contributed by atoms with Gasteiger partial charge in [0.2, 0.25) is 0 Å². The van der Waals surface area contributed by atoms with Gasteiger partial charge < -0.3 is 9.47 Å². The fraction of sp³-hybridized carbons (Fsp3) is 0.533. The zero-order chi connectivity index (χ0) is 14.7. The number of rotatable bonds is 4. The van der Waals surface area contributed by atoms with Gasteiger partial charge in [-0.1, -0.05) is 0 Å². The van der Waals surface area contributed by atoms with Crippen molar-refractivity contribution in [3.63, 3.8) is 0 Å². The van der Waals surface area contributed by atoms with Crippen molar-refractivity contribution >= 4 is 5.78 Å². The highest BCUT2D eigenvalue weighted by molar-refractivity contribution is 5.97. The zero-order valence-electron chi connectivity index (χ0n) is 12.1. The minimum atomic E-state index is -0.512. The van der Waals surface area contributed by atoms with Crippen LogP contribution in [0.3, 0.4) is 0 Å². The van der Waals surface area contributed by atoms with Crippen LogP contribution in [0.1, 0.15) is 24.2 Å². The normalized spacial score (nSPS) is 23.6. The molecule has 1 aliphatic rings. The molecule has 0 radical (unpaired) electrons. The smallest absolute Gasteiger partial charge is 0.176 e. The molecule has 0 spiro atoms. The van der Waals surface area contributed by atoms with E-state index < -0.39 is 5.82 Å². The van der Waals surface area contributed by atoms with Crippen LogP contribution in [0.25, 0.3) is 0 Å². The molecule has 1 aromatic rings. The van der Waals surface area contributed by atoms with E-state index in [1.807, 2.05) is 18.7 Å². The molecule has 0 aromatic heterocycles. The molecule has 2 unspecified atom stereocenters. The second-order valence-corrected chi connectivity index (χ2v) is 5.22. The molecule has 5 heteroatoms. The highest BCUT2D eigenvalue weighted by Crippen LogP contribution is 2.19. The second kappa shape index (κ2) is 6.33. The summed E-state index contributed by atoms with van der Waals surface area (Å²) in [7, 11) is 1.40. The topological polar surface area (TPSA) is 38.8 Å². The standard InChI is InChI=1S/C15H20FNO3/c1-10-7-17(8-11(2)20-10)9-14(18)12-4-5-15(19-3)13(16)6-12/h4-6,10-11H,7-9H2,1-3H3. The lowest BCUT2D eigenvalue weighted by Gasteiger charge is -2.34. The number of halogens is 1. The van der Waals surface area contributed by atoms with Gasteiger partial charge in [-0.2, -0.15) is 0 Å². The van der Waals surface area contributed by atoms with E-state index in [9.17, 15) is 9.18 Å². The van der Waals surface area contributed by atoms with E-state index >= 15 is 0 Å². The summed E-state index contributed by atoms with van der Waals surface area (Å²) in [6, 6.07) is 4.30. The number of benzene rings is 1. The van der Waals surface area contributed by atoms with Gasteiger partial charge >= 0.3 is 0 Å². The third kappa shape index (κ3) is 3.55. The van der Waals surface area contributed by atoms with Crippen LogP contribution in [0, 0.1) is 5.82 Å². The lowest BCUT2D eigenvalue weighted by atomic mass is 10.1. The maximum atomic E-state index is 13.6. The Morgan fingerprint density at radius 2 is 2.05 bits per heavy atom. The van der Waals surface area contributed by atoms with E-state index in [2.05, 4.69) is 0 Å². The van der Waals surface area contributed by atoms with Crippen molar-refractivity contribution in [3.8, 4) is 5.75 Å². The van der Waals surface area contributed by atoms with E-state index in [1.54, 1.807) is 6.07 Å². The molecule has 1 aliphatic heterocycles. The van der Waals surface area contributed by atoms with Crippen LogP contribution in [0.5, 0.6) is 5.75 Å². The van der Waals surface area contributed by atoms with Gasteiger partial charge in [0.25, 0.3) is 0 Å². The first-order valence-electron chi connectivity index (χ1n) is 6.74. The van der Waals surface area contributed by atoms with Crippen molar-refractivity contribution < 1.29 is 18.7 Å². The molecular formula is C15H20FNO3. The quantitative estimate of drug-likeness (QED) is 0.793. The number of hydrogen-bond acceptors (Lipinski definition) is 4. The van der Waals surface area contributed by atoms with Crippen LogP contribution in [0.2, 0.25) is 0 Å². The van der Waals surface area contributed by atoms with Gasteiger partial charge in [0.1, 0.15) is 0 Å². The highest BCUT2D eigenvalue weighted by atomic mass is 19.1. The Kier molecular flexibility index (Phi) is 4.73. The van der Waals surface area contributed by atoms with Gasteiger partial charge in [-0.15, -0.1) is 0 Å². The monoisotopic (exact) mass is 281 g/mol. The zero-order valence-corrected chi connectivity index (χ0v) is 12.1. The van der Waals surface area contributed by atoms with Crippen LogP contribution in [0.4, 0.5) is 4.39 Å². The molecule has 1 heterocycles. The number of ether oxygens (including phenoxy) is 2. The molecule has 1 aromatic carbocycles. The van der Waals surface area contributed by atoms with Crippen LogP contribution >= 0.6 is 0 Å². The molecule has 1 fully saturated rings. The highest BCUT2D eigenvalue weighted by Gasteiger charge is 2.24. The number of carbonyl (C=O) groups is 1. The van der Waals surface area contributed by atoms with Gasteiger partial charge in [0.05, 0.1) is 25.9 Å². The third-order valence-electron chi connectivity index (χ3n) is 3.34. The summed E-state index contributed by atoms with van der Waals surface area (Å²) in [5.74, 6) is -0.454. The Bertz CT molecular complexity index is 482. The summed E-state index contributed by atoms with van der Waals surface area (Å²) in [4.78, 5) is 14.2. The average Bonchev–Trinajstić information content (AvgIpc) is 2.37. The Balaban J connectivity index is 2.02. The van der Waals surface area contributed by atoms with E-state index in [-0.39, 0.29) is 30.3 Å². The van der Waals surface area contributed by atoms with Crippen molar-refractivity contribution in [2.45, 2.75) is 26.1 Å². The molecule has 4 nitrogen and oxygen atoms in total. The molecule has 0 amide bonds. The molecular weight excluding hydrogens is 261 g/mol. The molecule has 110 valence electrons. The first-order chi connectivity index (χ1) is 9.49. The van der Waals surface area contributed by atoms with Crippen LogP contribution in [-0.2, 0) is 4.74 Å². The number of ketones is 1. The Morgan fingerprint density at radius 1 is 1.40 bits per heavy atom. The molecule has 0 bridgehead atoms. The summed E-state index contributed by atoms with van der Waals surface area (Å²) in [6.07, 6.45) is 0.221. The number of morpholine rings is 1. The van der Waals surface area contributed by atoms with Crippen molar-refractivity contribution in [1.29, 1.82) is 0 Å². The van der Waals surface area contributed by atoms with Crippen molar-refractivity contribution in [2.75, 3.05) is 26.7 Å². The lowest BCUT2D eigenvalue weighted by molar-refractivity contribution is -0.0652. The molecule has 2 rings (SSSR count). The SMILES string of the molecule is COc1ccc(C(=O)CN2CC(C)OC(C)C2)cc1F. The maximum absolute atomic E-state index is 13.6. The summed E-state index contributed by atoms with van der Waals surface area (Å²) < 4.78 is 24.1. The lowest BCUT2D eigenvalue weighted by Crippen LogP contribution is -2.47. The van der Waals surface area contributed by atoms with E-state index in [0.29, 0.717) is 18.7 Å². The summed E-state index contributed by atoms with van der Waals surface area (Å²) in [6.45, 7) is 5.69. The summed E-state index contributed by atoms with van der Waals surface area (Å²) in [5.41, 5.74) is 0.370. The molecule has 1 saturated heterocycles.